The van der Waals surface area contributed by atoms with Crippen LogP contribution in [0.4, 0.5) is 0 Å². The quantitative estimate of drug-likeness (QED) is 0.781. The minimum atomic E-state index is -0.357. The Labute approximate surface area is 116 Å². The van der Waals surface area contributed by atoms with Gasteiger partial charge in [-0.25, -0.2) is 0 Å². The van der Waals surface area contributed by atoms with Crippen LogP contribution in [0.15, 0.2) is 12.7 Å². The van der Waals surface area contributed by atoms with Crippen LogP contribution in [-0.4, -0.2) is 30.2 Å². The third kappa shape index (κ3) is 2.37. The van der Waals surface area contributed by atoms with Gasteiger partial charge in [-0.05, 0) is 30.6 Å². The first-order valence-electron chi connectivity index (χ1n) is 7.52. The summed E-state index contributed by atoms with van der Waals surface area (Å²) in [7, 11) is 0. The number of allylic oxidation sites excluding steroid dienone is 1. The molecular weight excluding hydrogens is 240 g/mol. The minimum absolute atomic E-state index is 0.128. The molecule has 108 valence electrons. The first-order valence-corrected chi connectivity index (χ1v) is 7.52. The third-order valence-corrected chi connectivity index (χ3v) is 5.20. The van der Waals surface area contributed by atoms with Gasteiger partial charge in [0.15, 0.2) is 5.79 Å². The fraction of sp³-hybridized carbons (Fsp3) is 0.875. The highest BCUT2D eigenvalue weighted by Gasteiger charge is 2.56. The van der Waals surface area contributed by atoms with Gasteiger partial charge in [0, 0.05) is 18.3 Å². The lowest BCUT2D eigenvalue weighted by atomic mass is 9.88. The molecule has 1 N–H and O–H groups in total. The topological polar surface area (TPSA) is 38.7 Å². The molecule has 2 aliphatic carbocycles. The number of ether oxygens (including phenoxy) is 2. The Morgan fingerprint density at radius 2 is 1.95 bits per heavy atom. The lowest BCUT2D eigenvalue weighted by Crippen LogP contribution is -2.46. The third-order valence-electron chi connectivity index (χ3n) is 5.20. The molecule has 3 nitrogen and oxygen atoms in total. The molecule has 0 amide bonds. The molecule has 0 unspecified atom stereocenters. The SMILES string of the molecule is C=CC[C@@H]1[C@H]2CC3(C[C@H]2C[C@H]1O)OCC(C)(C)CO3. The van der Waals surface area contributed by atoms with E-state index in [0.29, 0.717) is 17.8 Å². The Morgan fingerprint density at radius 1 is 1.26 bits per heavy atom. The van der Waals surface area contributed by atoms with Gasteiger partial charge in [0.1, 0.15) is 0 Å². The number of hydrogen-bond donors (Lipinski definition) is 1. The maximum absolute atomic E-state index is 10.2. The van der Waals surface area contributed by atoms with E-state index < -0.39 is 0 Å². The molecule has 3 fully saturated rings. The molecule has 0 aromatic rings. The molecule has 0 radical (unpaired) electrons. The van der Waals surface area contributed by atoms with Crippen LogP contribution in [-0.2, 0) is 9.47 Å². The Morgan fingerprint density at radius 3 is 2.58 bits per heavy atom. The van der Waals surface area contributed by atoms with Crippen molar-refractivity contribution in [2.75, 3.05) is 13.2 Å². The molecule has 2 saturated carbocycles. The lowest BCUT2D eigenvalue weighted by molar-refractivity contribution is -0.298. The summed E-state index contributed by atoms with van der Waals surface area (Å²) in [5.41, 5.74) is 0.128. The molecule has 4 atom stereocenters. The average molecular weight is 266 g/mol. The molecule has 3 heteroatoms. The Balaban J connectivity index is 1.69. The van der Waals surface area contributed by atoms with Gasteiger partial charge in [-0.3, -0.25) is 0 Å². The van der Waals surface area contributed by atoms with E-state index in [9.17, 15) is 5.11 Å². The van der Waals surface area contributed by atoms with Crippen LogP contribution in [0.1, 0.15) is 39.5 Å². The molecule has 1 spiro atoms. The molecular formula is C16H26O3. The largest absolute Gasteiger partial charge is 0.393 e. The van der Waals surface area contributed by atoms with Gasteiger partial charge >= 0.3 is 0 Å². The smallest absolute Gasteiger partial charge is 0.168 e. The van der Waals surface area contributed by atoms with Crippen molar-refractivity contribution in [1.29, 1.82) is 0 Å². The average Bonchev–Trinajstić information content (AvgIpc) is 2.81. The predicted octanol–water partition coefficient (Wildman–Crippen LogP) is 2.74. The first-order chi connectivity index (χ1) is 8.95. The summed E-state index contributed by atoms with van der Waals surface area (Å²) < 4.78 is 12.2. The van der Waals surface area contributed by atoms with Crippen LogP contribution in [0, 0.1) is 23.2 Å². The van der Waals surface area contributed by atoms with Crippen LogP contribution in [0.3, 0.4) is 0 Å². The second-order valence-corrected chi connectivity index (χ2v) is 7.48. The Kier molecular flexibility index (Phi) is 3.27. The Hall–Kier alpha value is -0.380. The zero-order valence-electron chi connectivity index (χ0n) is 12.1. The summed E-state index contributed by atoms with van der Waals surface area (Å²) in [4.78, 5) is 0. The molecule has 1 aliphatic heterocycles. The summed E-state index contributed by atoms with van der Waals surface area (Å²) in [6, 6.07) is 0. The van der Waals surface area contributed by atoms with Gasteiger partial charge in [0.25, 0.3) is 0 Å². The van der Waals surface area contributed by atoms with Gasteiger partial charge in [0.05, 0.1) is 19.3 Å². The summed E-state index contributed by atoms with van der Waals surface area (Å²) in [6.45, 7) is 9.74. The standard InChI is InChI=1S/C16H26O3/c1-4-5-12-13-8-16(7-11(13)6-14(12)17)18-9-15(2,3)10-19-16/h4,11-14,17H,1,5-10H2,2-3H3/t11-,12-,13+,14-/m1/s1. The van der Waals surface area contributed by atoms with Crippen molar-refractivity contribution in [2.45, 2.75) is 51.4 Å². The van der Waals surface area contributed by atoms with Crippen molar-refractivity contribution in [3.63, 3.8) is 0 Å². The van der Waals surface area contributed by atoms with Gasteiger partial charge < -0.3 is 14.6 Å². The van der Waals surface area contributed by atoms with Gasteiger partial charge in [-0.15, -0.1) is 6.58 Å². The van der Waals surface area contributed by atoms with E-state index in [0.717, 1.165) is 38.9 Å². The minimum Gasteiger partial charge on any atom is -0.393 e. The predicted molar refractivity (Wildman–Crippen MR) is 73.6 cm³/mol. The monoisotopic (exact) mass is 266 g/mol. The molecule has 19 heavy (non-hydrogen) atoms. The van der Waals surface area contributed by atoms with Gasteiger partial charge in [-0.1, -0.05) is 19.9 Å². The molecule has 0 aromatic carbocycles. The van der Waals surface area contributed by atoms with Crippen LogP contribution in [0.5, 0.6) is 0 Å². The van der Waals surface area contributed by atoms with Crippen LogP contribution >= 0.6 is 0 Å². The molecule has 1 saturated heterocycles. The lowest BCUT2D eigenvalue weighted by Gasteiger charge is -2.42. The molecule has 3 rings (SSSR count). The van der Waals surface area contributed by atoms with Crippen molar-refractivity contribution < 1.29 is 14.6 Å². The summed E-state index contributed by atoms with van der Waals surface area (Å²) >= 11 is 0. The molecule has 3 aliphatic rings. The van der Waals surface area contributed by atoms with Gasteiger partial charge in [0.2, 0.25) is 0 Å². The fourth-order valence-corrected chi connectivity index (χ4v) is 4.19. The van der Waals surface area contributed by atoms with E-state index in [1.165, 1.54) is 0 Å². The summed E-state index contributed by atoms with van der Waals surface area (Å²) in [5.74, 6) is 1.09. The van der Waals surface area contributed by atoms with Crippen molar-refractivity contribution in [3.8, 4) is 0 Å². The van der Waals surface area contributed by atoms with Gasteiger partial charge in [-0.2, -0.15) is 0 Å². The molecule has 0 bridgehead atoms. The van der Waals surface area contributed by atoms with E-state index >= 15 is 0 Å². The molecule has 0 aromatic heterocycles. The maximum atomic E-state index is 10.2. The number of hydrogen-bond acceptors (Lipinski definition) is 3. The highest BCUT2D eigenvalue weighted by atomic mass is 16.7. The normalized spacial score (nSPS) is 43.3. The van der Waals surface area contributed by atoms with E-state index in [4.69, 9.17) is 9.47 Å². The van der Waals surface area contributed by atoms with Crippen molar-refractivity contribution in [3.05, 3.63) is 12.7 Å². The highest BCUT2D eigenvalue weighted by Crippen LogP contribution is 2.55. The van der Waals surface area contributed by atoms with Crippen molar-refractivity contribution in [1.82, 2.24) is 0 Å². The molecule has 1 heterocycles. The second kappa shape index (κ2) is 4.57. The fourth-order valence-electron chi connectivity index (χ4n) is 4.19. The van der Waals surface area contributed by atoms with E-state index in [1.807, 2.05) is 6.08 Å². The van der Waals surface area contributed by atoms with E-state index in [2.05, 4.69) is 20.4 Å². The summed E-state index contributed by atoms with van der Waals surface area (Å²) in [6.07, 6.45) is 5.49. The highest BCUT2D eigenvalue weighted by molar-refractivity contribution is 5.03. The van der Waals surface area contributed by atoms with Crippen molar-refractivity contribution in [2.24, 2.45) is 23.2 Å². The number of rotatable bonds is 2. The second-order valence-electron chi connectivity index (χ2n) is 7.48. The zero-order valence-corrected chi connectivity index (χ0v) is 12.1. The number of aliphatic hydroxyl groups excluding tert-OH is 1. The first kappa shape index (κ1) is 13.6. The number of aliphatic hydroxyl groups is 1. The van der Waals surface area contributed by atoms with Crippen LogP contribution in [0.2, 0.25) is 0 Å². The van der Waals surface area contributed by atoms with Crippen LogP contribution < -0.4 is 0 Å². The maximum Gasteiger partial charge on any atom is 0.168 e. The van der Waals surface area contributed by atoms with E-state index in [-0.39, 0.29) is 17.3 Å². The number of fused-ring (bicyclic) bond motifs is 1. The Bertz CT molecular complexity index is 353. The summed E-state index contributed by atoms with van der Waals surface area (Å²) in [5, 5.41) is 10.2. The van der Waals surface area contributed by atoms with Crippen molar-refractivity contribution >= 4 is 0 Å². The van der Waals surface area contributed by atoms with E-state index in [1.54, 1.807) is 0 Å². The zero-order chi connectivity index (χ0) is 13.7. The van der Waals surface area contributed by atoms with Crippen LogP contribution in [0.25, 0.3) is 0 Å².